The molecule has 2 heterocycles. The van der Waals surface area contributed by atoms with Gasteiger partial charge in [0.15, 0.2) is 0 Å². The standard InChI is InChI=1S/C14H22N4O3/c1-9-11(10(2)21-17-9)8-18(3)14(20)16-12-6-4-5-7-15-13(12)19/h12H,4-8H2,1-3H3,(H,15,19)(H,16,20)/t12-/m1/s1. The van der Waals surface area contributed by atoms with E-state index >= 15 is 0 Å². The zero-order chi connectivity index (χ0) is 15.4. The topological polar surface area (TPSA) is 87.5 Å². The summed E-state index contributed by atoms with van der Waals surface area (Å²) in [4.78, 5) is 25.6. The Bertz CT molecular complexity index is 507. The van der Waals surface area contributed by atoms with E-state index in [1.807, 2.05) is 13.8 Å². The van der Waals surface area contributed by atoms with Gasteiger partial charge in [0.1, 0.15) is 11.8 Å². The summed E-state index contributed by atoms with van der Waals surface area (Å²) in [5.74, 6) is 0.603. The van der Waals surface area contributed by atoms with Gasteiger partial charge in [-0.05, 0) is 33.1 Å². The van der Waals surface area contributed by atoms with Gasteiger partial charge in [0.25, 0.3) is 0 Å². The molecule has 1 aliphatic rings. The van der Waals surface area contributed by atoms with Crippen molar-refractivity contribution in [2.75, 3.05) is 13.6 Å². The third kappa shape index (κ3) is 3.74. The molecule has 0 bridgehead atoms. The highest BCUT2D eigenvalue weighted by molar-refractivity contribution is 5.87. The molecule has 1 aliphatic heterocycles. The highest BCUT2D eigenvalue weighted by Crippen LogP contribution is 2.14. The average molecular weight is 294 g/mol. The largest absolute Gasteiger partial charge is 0.361 e. The van der Waals surface area contributed by atoms with E-state index in [0.717, 1.165) is 24.1 Å². The number of hydrogen-bond donors (Lipinski definition) is 2. The van der Waals surface area contributed by atoms with Gasteiger partial charge < -0.3 is 20.1 Å². The number of carbonyl (C=O) groups is 2. The van der Waals surface area contributed by atoms with Crippen LogP contribution in [0.25, 0.3) is 0 Å². The van der Waals surface area contributed by atoms with Gasteiger partial charge in [0.2, 0.25) is 5.91 Å². The molecule has 116 valence electrons. The molecule has 0 radical (unpaired) electrons. The van der Waals surface area contributed by atoms with Crippen molar-refractivity contribution in [3.05, 3.63) is 17.0 Å². The quantitative estimate of drug-likeness (QED) is 0.874. The van der Waals surface area contributed by atoms with Gasteiger partial charge >= 0.3 is 6.03 Å². The summed E-state index contributed by atoms with van der Waals surface area (Å²) in [6.45, 7) is 4.75. The van der Waals surface area contributed by atoms with Gasteiger partial charge in [-0.15, -0.1) is 0 Å². The zero-order valence-corrected chi connectivity index (χ0v) is 12.7. The summed E-state index contributed by atoms with van der Waals surface area (Å²) in [7, 11) is 1.69. The second kappa shape index (κ2) is 6.60. The van der Waals surface area contributed by atoms with Crippen LogP contribution in [-0.4, -0.2) is 41.6 Å². The summed E-state index contributed by atoms with van der Waals surface area (Å²) in [6.07, 6.45) is 2.56. The van der Waals surface area contributed by atoms with Crippen LogP contribution in [0.2, 0.25) is 0 Å². The molecule has 21 heavy (non-hydrogen) atoms. The number of carbonyl (C=O) groups excluding carboxylic acids is 2. The van der Waals surface area contributed by atoms with E-state index < -0.39 is 6.04 Å². The Hall–Kier alpha value is -2.05. The molecule has 0 saturated carbocycles. The van der Waals surface area contributed by atoms with Crippen molar-refractivity contribution in [1.29, 1.82) is 0 Å². The average Bonchev–Trinajstić information content (AvgIpc) is 2.64. The molecule has 0 aliphatic carbocycles. The molecular formula is C14H22N4O3. The summed E-state index contributed by atoms with van der Waals surface area (Å²) in [5, 5.41) is 9.46. The molecule has 1 aromatic heterocycles. The predicted octanol–water partition coefficient (Wildman–Crippen LogP) is 1.10. The normalized spacial score (nSPS) is 18.8. The van der Waals surface area contributed by atoms with Crippen molar-refractivity contribution >= 4 is 11.9 Å². The van der Waals surface area contributed by atoms with Gasteiger partial charge in [-0.2, -0.15) is 0 Å². The molecule has 1 fully saturated rings. The lowest BCUT2D eigenvalue weighted by Gasteiger charge is -2.21. The Morgan fingerprint density at radius 1 is 1.48 bits per heavy atom. The molecule has 1 atom stereocenters. The summed E-state index contributed by atoms with van der Waals surface area (Å²) < 4.78 is 5.09. The fraction of sp³-hybridized carbons (Fsp3) is 0.643. The maximum Gasteiger partial charge on any atom is 0.318 e. The van der Waals surface area contributed by atoms with Crippen molar-refractivity contribution < 1.29 is 14.1 Å². The first-order valence-electron chi connectivity index (χ1n) is 7.20. The SMILES string of the molecule is Cc1noc(C)c1CN(C)C(=O)N[C@@H]1CCCCNC1=O. The Kier molecular flexibility index (Phi) is 4.82. The molecule has 1 aromatic rings. The lowest BCUT2D eigenvalue weighted by molar-refractivity contribution is -0.122. The molecular weight excluding hydrogens is 272 g/mol. The van der Waals surface area contributed by atoms with E-state index in [1.165, 1.54) is 4.90 Å². The minimum atomic E-state index is -0.452. The van der Waals surface area contributed by atoms with E-state index in [-0.39, 0.29) is 11.9 Å². The van der Waals surface area contributed by atoms with E-state index in [1.54, 1.807) is 7.05 Å². The summed E-state index contributed by atoms with van der Waals surface area (Å²) >= 11 is 0. The van der Waals surface area contributed by atoms with Crippen LogP contribution in [-0.2, 0) is 11.3 Å². The van der Waals surface area contributed by atoms with Gasteiger partial charge in [-0.25, -0.2) is 4.79 Å². The third-order valence-corrected chi connectivity index (χ3v) is 3.76. The van der Waals surface area contributed by atoms with Gasteiger partial charge in [0.05, 0.1) is 12.2 Å². The van der Waals surface area contributed by atoms with Crippen molar-refractivity contribution in [2.24, 2.45) is 0 Å². The fourth-order valence-electron chi connectivity index (χ4n) is 2.37. The van der Waals surface area contributed by atoms with E-state index in [9.17, 15) is 9.59 Å². The molecule has 7 heteroatoms. The van der Waals surface area contributed by atoms with E-state index in [2.05, 4.69) is 15.8 Å². The van der Waals surface area contributed by atoms with Crippen molar-refractivity contribution in [3.8, 4) is 0 Å². The first-order chi connectivity index (χ1) is 9.99. The zero-order valence-electron chi connectivity index (χ0n) is 12.7. The number of aromatic nitrogens is 1. The van der Waals surface area contributed by atoms with Crippen molar-refractivity contribution in [1.82, 2.24) is 20.7 Å². The Morgan fingerprint density at radius 2 is 2.24 bits per heavy atom. The van der Waals surface area contributed by atoms with Crippen molar-refractivity contribution in [3.63, 3.8) is 0 Å². The number of urea groups is 1. The van der Waals surface area contributed by atoms with Crippen LogP contribution in [0.15, 0.2) is 4.52 Å². The van der Waals surface area contributed by atoms with Crippen LogP contribution in [0.1, 0.15) is 36.3 Å². The first kappa shape index (κ1) is 15.3. The van der Waals surface area contributed by atoms with E-state index in [4.69, 9.17) is 4.52 Å². The molecule has 0 unspecified atom stereocenters. The lowest BCUT2D eigenvalue weighted by atomic mass is 10.1. The molecule has 0 spiro atoms. The number of rotatable bonds is 3. The minimum absolute atomic E-state index is 0.105. The van der Waals surface area contributed by atoms with Gasteiger partial charge in [-0.3, -0.25) is 4.79 Å². The third-order valence-electron chi connectivity index (χ3n) is 3.76. The van der Waals surface area contributed by atoms with Gasteiger partial charge in [-0.1, -0.05) is 5.16 Å². The Labute approximate surface area is 124 Å². The number of nitrogens with one attached hydrogen (secondary N) is 2. The molecule has 2 rings (SSSR count). The molecule has 7 nitrogen and oxygen atoms in total. The molecule has 2 N–H and O–H groups in total. The second-order valence-corrected chi connectivity index (χ2v) is 5.45. The lowest BCUT2D eigenvalue weighted by Crippen LogP contribution is -2.49. The highest BCUT2D eigenvalue weighted by Gasteiger charge is 2.24. The number of nitrogens with zero attached hydrogens (tertiary/aromatic N) is 2. The second-order valence-electron chi connectivity index (χ2n) is 5.45. The molecule has 3 amide bonds. The summed E-state index contributed by atoms with van der Waals surface area (Å²) in [6, 6.07) is -0.718. The monoisotopic (exact) mass is 294 g/mol. The highest BCUT2D eigenvalue weighted by atomic mass is 16.5. The number of amides is 3. The van der Waals surface area contributed by atoms with Crippen LogP contribution in [0.3, 0.4) is 0 Å². The van der Waals surface area contributed by atoms with E-state index in [0.29, 0.717) is 25.3 Å². The van der Waals surface area contributed by atoms with Crippen LogP contribution in [0.5, 0.6) is 0 Å². The molecule has 1 saturated heterocycles. The van der Waals surface area contributed by atoms with Gasteiger partial charge in [0, 0.05) is 19.2 Å². The number of hydrogen-bond acceptors (Lipinski definition) is 4. The summed E-state index contributed by atoms with van der Waals surface area (Å²) in [5.41, 5.74) is 1.68. The van der Waals surface area contributed by atoms with Crippen molar-refractivity contribution in [2.45, 2.75) is 45.7 Å². The maximum absolute atomic E-state index is 12.2. The molecule has 0 aromatic carbocycles. The Balaban J connectivity index is 1.94. The smallest absolute Gasteiger partial charge is 0.318 e. The van der Waals surface area contributed by atoms with Crippen LogP contribution < -0.4 is 10.6 Å². The van der Waals surface area contributed by atoms with Crippen LogP contribution in [0, 0.1) is 13.8 Å². The predicted molar refractivity (Wildman–Crippen MR) is 76.6 cm³/mol. The number of aryl methyl sites for hydroxylation is 2. The first-order valence-corrected chi connectivity index (χ1v) is 7.20. The van der Waals surface area contributed by atoms with Crippen LogP contribution >= 0.6 is 0 Å². The maximum atomic E-state index is 12.2. The minimum Gasteiger partial charge on any atom is -0.361 e. The Morgan fingerprint density at radius 3 is 2.90 bits per heavy atom. The van der Waals surface area contributed by atoms with Crippen LogP contribution in [0.4, 0.5) is 4.79 Å². The fourth-order valence-corrected chi connectivity index (χ4v) is 2.37.